The number of carbonyl (C=O) groups excluding carboxylic acids is 1. The van der Waals surface area contributed by atoms with E-state index in [1.165, 1.54) is 0 Å². The van der Waals surface area contributed by atoms with E-state index < -0.39 is 0 Å². The lowest BCUT2D eigenvalue weighted by Crippen LogP contribution is -2.04. The van der Waals surface area contributed by atoms with E-state index in [0.29, 0.717) is 6.42 Å². The molecule has 0 saturated heterocycles. The number of carbonyl (C=O) groups is 1. The predicted molar refractivity (Wildman–Crippen MR) is 40.7 cm³/mol. The average molecular weight is 155 g/mol. The van der Waals surface area contributed by atoms with Crippen LogP contribution in [0.25, 0.3) is 0 Å². The fraction of sp³-hybridized carbons (Fsp3) is 0.750. The standard InChI is InChI=1S/C8H13NO2/c1-2-3-5-8(10)11-7-4-6-9/h2-5,7H2,1H3. The second-order valence-corrected chi connectivity index (χ2v) is 2.23. The molecule has 0 fully saturated rings. The number of ether oxygens (including phenoxy) is 1. The van der Waals surface area contributed by atoms with Gasteiger partial charge in [0.15, 0.2) is 0 Å². The third kappa shape index (κ3) is 6.85. The van der Waals surface area contributed by atoms with Crippen molar-refractivity contribution < 1.29 is 9.53 Å². The first-order chi connectivity index (χ1) is 5.31. The van der Waals surface area contributed by atoms with Crippen molar-refractivity contribution >= 4 is 5.97 Å². The quantitative estimate of drug-likeness (QED) is 0.448. The molecule has 0 saturated carbocycles. The van der Waals surface area contributed by atoms with Crippen molar-refractivity contribution in [1.82, 2.24) is 0 Å². The summed E-state index contributed by atoms with van der Waals surface area (Å²) in [7, 11) is 0. The van der Waals surface area contributed by atoms with E-state index in [0.717, 1.165) is 12.8 Å². The van der Waals surface area contributed by atoms with Crippen LogP contribution in [0.15, 0.2) is 0 Å². The Morgan fingerprint density at radius 2 is 2.36 bits per heavy atom. The molecule has 0 aromatic carbocycles. The molecule has 0 aromatic heterocycles. The highest BCUT2D eigenvalue weighted by molar-refractivity contribution is 5.69. The van der Waals surface area contributed by atoms with Crippen LogP contribution in [0.5, 0.6) is 0 Å². The number of hydrogen-bond acceptors (Lipinski definition) is 3. The van der Waals surface area contributed by atoms with Crippen LogP contribution in [0, 0.1) is 11.3 Å². The summed E-state index contributed by atoms with van der Waals surface area (Å²) in [5, 5.41) is 8.11. The number of hydrogen-bond donors (Lipinski definition) is 0. The minimum atomic E-state index is -0.192. The van der Waals surface area contributed by atoms with Gasteiger partial charge in [0.25, 0.3) is 0 Å². The number of unbranched alkanes of at least 4 members (excludes halogenated alkanes) is 1. The monoisotopic (exact) mass is 155 g/mol. The van der Waals surface area contributed by atoms with Gasteiger partial charge in [-0.05, 0) is 6.42 Å². The number of nitrogens with zero attached hydrogens (tertiary/aromatic N) is 1. The van der Waals surface area contributed by atoms with Gasteiger partial charge in [0, 0.05) is 6.42 Å². The van der Waals surface area contributed by atoms with Crippen LogP contribution in [0.3, 0.4) is 0 Å². The van der Waals surface area contributed by atoms with Gasteiger partial charge in [0.1, 0.15) is 6.61 Å². The maximum Gasteiger partial charge on any atom is 0.305 e. The first kappa shape index (κ1) is 9.96. The van der Waals surface area contributed by atoms with Crippen molar-refractivity contribution in [2.24, 2.45) is 0 Å². The van der Waals surface area contributed by atoms with E-state index in [9.17, 15) is 4.79 Å². The Morgan fingerprint density at radius 3 is 2.91 bits per heavy atom. The average Bonchev–Trinajstić information content (AvgIpc) is 2.01. The van der Waals surface area contributed by atoms with Crippen LogP contribution in [0.1, 0.15) is 32.6 Å². The van der Waals surface area contributed by atoms with Crippen LogP contribution >= 0.6 is 0 Å². The van der Waals surface area contributed by atoms with Crippen molar-refractivity contribution in [2.45, 2.75) is 32.6 Å². The molecule has 3 nitrogen and oxygen atoms in total. The molecule has 0 unspecified atom stereocenters. The Morgan fingerprint density at radius 1 is 1.64 bits per heavy atom. The Balaban J connectivity index is 3.17. The zero-order valence-electron chi connectivity index (χ0n) is 6.80. The normalized spacial score (nSPS) is 8.73. The molecule has 0 rings (SSSR count). The summed E-state index contributed by atoms with van der Waals surface area (Å²) in [6, 6.07) is 1.90. The highest BCUT2D eigenvalue weighted by Crippen LogP contribution is 1.96. The van der Waals surface area contributed by atoms with E-state index in [4.69, 9.17) is 10.00 Å². The van der Waals surface area contributed by atoms with Crippen molar-refractivity contribution in [1.29, 1.82) is 5.26 Å². The zero-order chi connectivity index (χ0) is 8.53. The van der Waals surface area contributed by atoms with Crippen molar-refractivity contribution in [3.63, 3.8) is 0 Å². The Bertz CT molecular complexity index is 149. The van der Waals surface area contributed by atoms with Crippen molar-refractivity contribution in [2.75, 3.05) is 6.61 Å². The molecular formula is C8H13NO2. The van der Waals surface area contributed by atoms with Gasteiger partial charge >= 0.3 is 5.97 Å². The summed E-state index contributed by atoms with van der Waals surface area (Å²) in [5.41, 5.74) is 0. The predicted octanol–water partition coefficient (Wildman–Crippen LogP) is 1.63. The van der Waals surface area contributed by atoms with Gasteiger partial charge in [-0.3, -0.25) is 4.79 Å². The van der Waals surface area contributed by atoms with Crippen LogP contribution < -0.4 is 0 Å². The summed E-state index contributed by atoms with van der Waals surface area (Å²) >= 11 is 0. The topological polar surface area (TPSA) is 50.1 Å². The molecule has 0 bridgehead atoms. The largest absolute Gasteiger partial charge is 0.465 e. The molecule has 0 aromatic rings. The summed E-state index contributed by atoms with van der Waals surface area (Å²) in [6.07, 6.45) is 2.62. The molecule has 0 spiro atoms. The molecular weight excluding hydrogens is 142 g/mol. The summed E-state index contributed by atoms with van der Waals surface area (Å²) in [5.74, 6) is -0.192. The van der Waals surface area contributed by atoms with Gasteiger partial charge in [0.05, 0.1) is 12.5 Å². The number of rotatable bonds is 5. The third-order valence-corrected chi connectivity index (χ3v) is 1.21. The number of nitriles is 1. The molecule has 0 amide bonds. The highest BCUT2D eigenvalue weighted by atomic mass is 16.5. The van der Waals surface area contributed by atoms with Crippen LogP contribution in [0.2, 0.25) is 0 Å². The zero-order valence-corrected chi connectivity index (χ0v) is 6.80. The molecule has 0 aliphatic rings. The molecule has 0 atom stereocenters. The maximum absolute atomic E-state index is 10.7. The summed E-state index contributed by atoms with van der Waals surface area (Å²) < 4.78 is 4.72. The van der Waals surface area contributed by atoms with Crippen LogP contribution in [-0.2, 0) is 9.53 Å². The molecule has 0 aliphatic heterocycles. The fourth-order valence-electron chi connectivity index (χ4n) is 0.604. The SMILES string of the molecule is CCCCC(=O)OCCC#N. The molecule has 62 valence electrons. The molecule has 0 radical (unpaired) electrons. The molecule has 0 N–H and O–H groups in total. The van der Waals surface area contributed by atoms with Crippen LogP contribution in [0.4, 0.5) is 0 Å². The Kier molecular flexibility index (Phi) is 6.40. The molecule has 11 heavy (non-hydrogen) atoms. The second-order valence-electron chi connectivity index (χ2n) is 2.23. The van der Waals surface area contributed by atoms with E-state index in [2.05, 4.69) is 0 Å². The minimum Gasteiger partial charge on any atom is -0.465 e. The lowest BCUT2D eigenvalue weighted by atomic mass is 10.2. The van der Waals surface area contributed by atoms with Gasteiger partial charge in [-0.2, -0.15) is 5.26 Å². The first-order valence-electron chi connectivity index (χ1n) is 3.83. The molecule has 0 heterocycles. The molecule has 3 heteroatoms. The lowest BCUT2D eigenvalue weighted by Gasteiger charge is -1.99. The Hall–Kier alpha value is -1.04. The smallest absolute Gasteiger partial charge is 0.305 e. The van der Waals surface area contributed by atoms with Gasteiger partial charge in [-0.25, -0.2) is 0 Å². The number of esters is 1. The minimum absolute atomic E-state index is 0.192. The lowest BCUT2D eigenvalue weighted by molar-refractivity contribution is -0.143. The van der Waals surface area contributed by atoms with Gasteiger partial charge < -0.3 is 4.74 Å². The van der Waals surface area contributed by atoms with E-state index in [1.54, 1.807) is 0 Å². The third-order valence-electron chi connectivity index (χ3n) is 1.21. The fourth-order valence-corrected chi connectivity index (χ4v) is 0.604. The van der Waals surface area contributed by atoms with Gasteiger partial charge in [-0.15, -0.1) is 0 Å². The second kappa shape index (κ2) is 7.07. The van der Waals surface area contributed by atoms with E-state index in [-0.39, 0.29) is 19.0 Å². The maximum atomic E-state index is 10.7. The Labute approximate surface area is 67.0 Å². The van der Waals surface area contributed by atoms with Gasteiger partial charge in [0.2, 0.25) is 0 Å². The molecule has 0 aliphatic carbocycles. The highest BCUT2D eigenvalue weighted by Gasteiger charge is 1.99. The van der Waals surface area contributed by atoms with E-state index in [1.807, 2.05) is 13.0 Å². The summed E-state index contributed by atoms with van der Waals surface area (Å²) in [4.78, 5) is 10.7. The van der Waals surface area contributed by atoms with Crippen molar-refractivity contribution in [3.8, 4) is 6.07 Å². The summed E-state index contributed by atoms with van der Waals surface area (Å²) in [6.45, 7) is 2.25. The van der Waals surface area contributed by atoms with Crippen LogP contribution in [-0.4, -0.2) is 12.6 Å². The van der Waals surface area contributed by atoms with Crippen molar-refractivity contribution in [3.05, 3.63) is 0 Å². The van der Waals surface area contributed by atoms with E-state index >= 15 is 0 Å². The van der Waals surface area contributed by atoms with Gasteiger partial charge in [-0.1, -0.05) is 13.3 Å². The first-order valence-corrected chi connectivity index (χ1v) is 3.83.